The Hall–Kier alpha value is -3.06. The molecule has 2 fully saturated rings. The molecule has 2 aromatic carbocycles. The Kier molecular flexibility index (Phi) is 7.73. The summed E-state index contributed by atoms with van der Waals surface area (Å²) in [6.07, 6.45) is 2.02. The molecule has 2 aliphatic heterocycles. The molecule has 2 heterocycles. The first-order valence-corrected chi connectivity index (χ1v) is 12.2. The SMILES string of the molecule is CCCN1CCN(C(=O)[C@H]2CCC(=O)N(c3ccc(OC)cc3)[C@H]2c2ccc(OC)cc2)CC1. The van der Waals surface area contributed by atoms with E-state index in [2.05, 4.69) is 11.8 Å². The molecule has 0 spiro atoms. The van der Waals surface area contributed by atoms with Gasteiger partial charge in [-0.2, -0.15) is 0 Å². The second-order valence-corrected chi connectivity index (χ2v) is 8.99. The van der Waals surface area contributed by atoms with Crippen LogP contribution in [0.3, 0.4) is 0 Å². The van der Waals surface area contributed by atoms with Crippen LogP contribution in [0.25, 0.3) is 0 Å². The van der Waals surface area contributed by atoms with E-state index in [0.717, 1.165) is 61.9 Å². The number of amides is 2. The Morgan fingerprint density at radius 3 is 2.06 bits per heavy atom. The lowest BCUT2D eigenvalue weighted by atomic mass is 9.82. The van der Waals surface area contributed by atoms with Crippen molar-refractivity contribution in [2.24, 2.45) is 5.92 Å². The van der Waals surface area contributed by atoms with Crippen molar-refractivity contribution in [1.82, 2.24) is 9.80 Å². The lowest BCUT2D eigenvalue weighted by Gasteiger charge is -2.44. The Balaban J connectivity index is 1.66. The summed E-state index contributed by atoms with van der Waals surface area (Å²) < 4.78 is 10.6. The molecule has 0 bridgehead atoms. The van der Waals surface area contributed by atoms with E-state index in [1.165, 1.54) is 0 Å². The molecule has 2 atom stereocenters. The van der Waals surface area contributed by atoms with E-state index in [-0.39, 0.29) is 23.8 Å². The number of carbonyl (C=O) groups excluding carboxylic acids is 2. The van der Waals surface area contributed by atoms with Gasteiger partial charge < -0.3 is 19.3 Å². The average molecular weight is 466 g/mol. The van der Waals surface area contributed by atoms with Gasteiger partial charge in [0.15, 0.2) is 0 Å². The molecular weight excluding hydrogens is 430 g/mol. The van der Waals surface area contributed by atoms with Crippen LogP contribution in [0.4, 0.5) is 5.69 Å². The summed E-state index contributed by atoms with van der Waals surface area (Å²) in [5.41, 5.74) is 1.71. The van der Waals surface area contributed by atoms with Gasteiger partial charge in [0.2, 0.25) is 11.8 Å². The number of hydrogen-bond acceptors (Lipinski definition) is 5. The normalized spacial score (nSPS) is 21.4. The maximum Gasteiger partial charge on any atom is 0.228 e. The molecule has 0 N–H and O–H groups in total. The van der Waals surface area contributed by atoms with Gasteiger partial charge in [-0.15, -0.1) is 0 Å². The number of piperazine rings is 1. The highest BCUT2D eigenvalue weighted by molar-refractivity contribution is 5.97. The lowest BCUT2D eigenvalue weighted by Crippen LogP contribution is -2.54. The zero-order chi connectivity index (χ0) is 24.1. The van der Waals surface area contributed by atoms with Crippen molar-refractivity contribution in [2.75, 3.05) is 51.8 Å². The molecule has 2 aromatic rings. The Labute approximate surface area is 202 Å². The van der Waals surface area contributed by atoms with Gasteiger partial charge in [0, 0.05) is 38.3 Å². The van der Waals surface area contributed by atoms with E-state index in [1.54, 1.807) is 19.1 Å². The highest BCUT2D eigenvalue weighted by Crippen LogP contribution is 2.41. The van der Waals surface area contributed by atoms with Crippen LogP contribution in [0.2, 0.25) is 0 Å². The smallest absolute Gasteiger partial charge is 0.228 e. The van der Waals surface area contributed by atoms with E-state index < -0.39 is 0 Å². The van der Waals surface area contributed by atoms with Gasteiger partial charge in [-0.05, 0) is 61.3 Å². The molecule has 2 amide bonds. The molecular formula is C27H35N3O4. The van der Waals surface area contributed by atoms with Crippen molar-refractivity contribution in [3.8, 4) is 11.5 Å². The number of anilines is 1. The second-order valence-electron chi connectivity index (χ2n) is 8.99. The predicted molar refractivity (Wildman–Crippen MR) is 132 cm³/mol. The third kappa shape index (κ3) is 5.04. The minimum absolute atomic E-state index is 0.0304. The third-order valence-electron chi connectivity index (χ3n) is 6.95. The van der Waals surface area contributed by atoms with Crippen LogP contribution in [-0.2, 0) is 9.59 Å². The van der Waals surface area contributed by atoms with E-state index in [4.69, 9.17) is 9.47 Å². The first-order chi connectivity index (χ1) is 16.5. The first-order valence-electron chi connectivity index (χ1n) is 12.2. The van der Waals surface area contributed by atoms with Crippen LogP contribution >= 0.6 is 0 Å². The molecule has 0 radical (unpaired) electrons. The summed E-state index contributed by atoms with van der Waals surface area (Å²) >= 11 is 0. The van der Waals surface area contributed by atoms with E-state index >= 15 is 0 Å². The highest BCUT2D eigenvalue weighted by atomic mass is 16.5. The summed E-state index contributed by atoms with van der Waals surface area (Å²) in [5.74, 6) is 1.35. The van der Waals surface area contributed by atoms with Gasteiger partial charge in [-0.25, -0.2) is 0 Å². The summed E-state index contributed by atoms with van der Waals surface area (Å²) in [5, 5.41) is 0. The molecule has 2 aliphatic rings. The maximum atomic E-state index is 13.8. The maximum absolute atomic E-state index is 13.8. The molecule has 2 saturated heterocycles. The minimum Gasteiger partial charge on any atom is -0.497 e. The molecule has 34 heavy (non-hydrogen) atoms. The van der Waals surface area contributed by atoms with Gasteiger partial charge in [0.1, 0.15) is 11.5 Å². The summed E-state index contributed by atoms with van der Waals surface area (Å²) in [6.45, 7) is 6.53. The number of ether oxygens (including phenoxy) is 2. The lowest BCUT2D eigenvalue weighted by molar-refractivity contribution is -0.140. The number of piperidine rings is 1. The predicted octanol–water partition coefficient (Wildman–Crippen LogP) is 3.74. The average Bonchev–Trinajstić information content (AvgIpc) is 2.89. The van der Waals surface area contributed by atoms with Crippen LogP contribution in [0.15, 0.2) is 48.5 Å². The van der Waals surface area contributed by atoms with Crippen molar-refractivity contribution in [1.29, 1.82) is 0 Å². The Bertz CT molecular complexity index is 968. The summed E-state index contributed by atoms with van der Waals surface area (Å²) in [7, 11) is 3.25. The fourth-order valence-electron chi connectivity index (χ4n) is 5.12. The van der Waals surface area contributed by atoms with Crippen LogP contribution in [0, 0.1) is 5.92 Å². The standard InChI is InChI=1S/C27H35N3O4/c1-4-15-28-16-18-29(19-17-28)27(32)24-13-14-25(31)30(21-7-11-23(34-3)12-8-21)26(24)20-5-9-22(33-2)10-6-20/h5-12,24,26H,4,13-19H2,1-3H3/t24-,26-/m0/s1. The second kappa shape index (κ2) is 10.9. The van der Waals surface area contributed by atoms with E-state index in [0.29, 0.717) is 12.8 Å². The number of rotatable bonds is 7. The number of nitrogens with zero attached hydrogens (tertiary/aromatic N) is 3. The zero-order valence-corrected chi connectivity index (χ0v) is 20.4. The van der Waals surface area contributed by atoms with E-state index in [1.807, 2.05) is 53.4 Å². The molecule has 7 nitrogen and oxygen atoms in total. The number of benzene rings is 2. The van der Waals surface area contributed by atoms with Crippen molar-refractivity contribution >= 4 is 17.5 Å². The Morgan fingerprint density at radius 2 is 1.50 bits per heavy atom. The first kappa shape index (κ1) is 24.1. The van der Waals surface area contributed by atoms with Crippen LogP contribution < -0.4 is 14.4 Å². The van der Waals surface area contributed by atoms with Crippen molar-refractivity contribution in [3.63, 3.8) is 0 Å². The topological polar surface area (TPSA) is 62.3 Å². The van der Waals surface area contributed by atoms with Crippen molar-refractivity contribution in [2.45, 2.75) is 32.2 Å². The summed E-state index contributed by atoms with van der Waals surface area (Å²) in [6, 6.07) is 14.8. The van der Waals surface area contributed by atoms with Crippen LogP contribution in [-0.4, -0.2) is 68.6 Å². The van der Waals surface area contributed by atoms with Gasteiger partial charge in [0.05, 0.1) is 26.2 Å². The zero-order valence-electron chi connectivity index (χ0n) is 20.4. The number of hydrogen-bond donors (Lipinski definition) is 0. The molecule has 0 aliphatic carbocycles. The minimum atomic E-state index is -0.373. The van der Waals surface area contributed by atoms with Crippen LogP contribution in [0.1, 0.15) is 37.8 Å². The van der Waals surface area contributed by atoms with Gasteiger partial charge >= 0.3 is 0 Å². The number of carbonyl (C=O) groups is 2. The molecule has 0 saturated carbocycles. The van der Waals surface area contributed by atoms with Gasteiger partial charge in [-0.3, -0.25) is 14.5 Å². The van der Waals surface area contributed by atoms with Crippen LogP contribution in [0.5, 0.6) is 11.5 Å². The molecule has 4 rings (SSSR count). The highest BCUT2D eigenvalue weighted by Gasteiger charge is 2.43. The fourth-order valence-corrected chi connectivity index (χ4v) is 5.12. The van der Waals surface area contributed by atoms with E-state index in [9.17, 15) is 9.59 Å². The molecule has 7 heteroatoms. The monoisotopic (exact) mass is 465 g/mol. The van der Waals surface area contributed by atoms with Gasteiger partial charge in [-0.1, -0.05) is 19.1 Å². The van der Waals surface area contributed by atoms with Crippen molar-refractivity contribution in [3.05, 3.63) is 54.1 Å². The molecule has 182 valence electrons. The quantitative estimate of drug-likeness (QED) is 0.623. The van der Waals surface area contributed by atoms with Crippen molar-refractivity contribution < 1.29 is 19.1 Å². The largest absolute Gasteiger partial charge is 0.497 e. The summed E-state index contributed by atoms with van der Waals surface area (Å²) in [4.78, 5) is 33.3. The number of methoxy groups -OCH3 is 2. The Morgan fingerprint density at radius 1 is 0.912 bits per heavy atom. The third-order valence-corrected chi connectivity index (χ3v) is 6.95. The molecule has 0 unspecified atom stereocenters. The fraction of sp³-hybridized carbons (Fsp3) is 0.481. The van der Waals surface area contributed by atoms with Gasteiger partial charge in [0.25, 0.3) is 0 Å². The molecule has 0 aromatic heterocycles.